The average Bonchev–Trinajstić information content (AvgIpc) is 2.77. The first-order chi connectivity index (χ1) is 8.85. The van der Waals surface area contributed by atoms with E-state index in [9.17, 15) is 18.0 Å². The quantitative estimate of drug-likeness (QED) is 0.840. The molecule has 1 heterocycles. The van der Waals surface area contributed by atoms with Crippen LogP contribution in [0.2, 0.25) is 0 Å². The van der Waals surface area contributed by atoms with Gasteiger partial charge in [-0.05, 0) is 29.5 Å². The van der Waals surface area contributed by atoms with Gasteiger partial charge in [-0.2, -0.15) is 13.2 Å². The van der Waals surface area contributed by atoms with Gasteiger partial charge in [-0.1, -0.05) is 12.1 Å². The van der Waals surface area contributed by atoms with Gasteiger partial charge in [0.15, 0.2) is 0 Å². The Hall–Kier alpha value is -0.860. The van der Waals surface area contributed by atoms with Crippen LogP contribution in [0.15, 0.2) is 29.2 Å². The maximum absolute atomic E-state index is 12.2. The molecule has 0 radical (unpaired) electrons. The lowest BCUT2D eigenvalue weighted by molar-refractivity contribution is -0.138. The fourth-order valence-corrected chi connectivity index (χ4v) is 3.42. The highest BCUT2D eigenvalue weighted by atomic mass is 32.2. The van der Waals surface area contributed by atoms with Crippen LogP contribution in [-0.2, 0) is 4.79 Å². The Morgan fingerprint density at radius 2 is 2.00 bits per heavy atom. The van der Waals surface area contributed by atoms with Gasteiger partial charge in [0, 0.05) is 10.6 Å². The predicted octanol–water partition coefficient (Wildman–Crippen LogP) is 3.09. The van der Waals surface area contributed by atoms with Crippen molar-refractivity contribution in [1.82, 2.24) is 5.32 Å². The standard InChI is InChI=1S/C11H10F3NO2S2/c12-11(13,14)19-7-3-1-6(2-4-7)9-15-8(5-18-9)10(16)17/h1-4,8-9,15H,5H2,(H,16,17)/t8-,9?/m1/s1. The highest BCUT2D eigenvalue weighted by molar-refractivity contribution is 8.00. The molecule has 1 aliphatic rings. The summed E-state index contributed by atoms with van der Waals surface area (Å²) < 4.78 is 36.5. The number of nitrogens with one attached hydrogen (secondary N) is 1. The fourth-order valence-electron chi connectivity index (χ4n) is 1.65. The van der Waals surface area contributed by atoms with E-state index in [4.69, 9.17) is 5.11 Å². The molecule has 2 atom stereocenters. The Bertz CT molecular complexity index is 464. The fraction of sp³-hybridized carbons (Fsp3) is 0.364. The van der Waals surface area contributed by atoms with Gasteiger partial charge >= 0.3 is 11.5 Å². The number of hydrogen-bond donors (Lipinski definition) is 2. The third kappa shape index (κ3) is 4.05. The minimum absolute atomic E-state index is 0.119. The molecule has 8 heteroatoms. The highest BCUT2D eigenvalue weighted by Crippen LogP contribution is 2.38. The lowest BCUT2D eigenvalue weighted by atomic mass is 10.2. The zero-order chi connectivity index (χ0) is 14.0. The van der Waals surface area contributed by atoms with E-state index in [0.29, 0.717) is 5.75 Å². The van der Waals surface area contributed by atoms with E-state index in [2.05, 4.69) is 5.32 Å². The number of halogens is 3. The van der Waals surface area contributed by atoms with Gasteiger partial charge in [-0.25, -0.2) is 0 Å². The second-order valence-electron chi connectivity index (χ2n) is 3.89. The molecule has 1 aromatic rings. The van der Waals surface area contributed by atoms with Crippen molar-refractivity contribution < 1.29 is 23.1 Å². The van der Waals surface area contributed by atoms with Crippen LogP contribution >= 0.6 is 23.5 Å². The highest BCUT2D eigenvalue weighted by Gasteiger charge is 2.31. The van der Waals surface area contributed by atoms with Crippen LogP contribution in [0.1, 0.15) is 10.9 Å². The first-order valence-corrected chi connectivity index (χ1v) is 7.18. The largest absolute Gasteiger partial charge is 0.480 e. The van der Waals surface area contributed by atoms with Crippen molar-refractivity contribution in [2.24, 2.45) is 0 Å². The SMILES string of the molecule is O=C(O)[C@H]1CSC(c2ccc(SC(F)(F)F)cc2)N1. The molecule has 0 amide bonds. The number of hydrogen-bond acceptors (Lipinski definition) is 4. The molecule has 0 spiro atoms. The third-order valence-electron chi connectivity index (χ3n) is 2.50. The molecule has 1 unspecified atom stereocenters. The second kappa shape index (κ2) is 5.64. The maximum atomic E-state index is 12.2. The summed E-state index contributed by atoms with van der Waals surface area (Å²) in [6.45, 7) is 0. The molecule has 1 fully saturated rings. The zero-order valence-corrected chi connectivity index (χ0v) is 11.1. The van der Waals surface area contributed by atoms with Crippen LogP contribution in [-0.4, -0.2) is 28.4 Å². The minimum atomic E-state index is -4.30. The van der Waals surface area contributed by atoms with Crippen molar-refractivity contribution in [2.75, 3.05) is 5.75 Å². The average molecular weight is 309 g/mol. The topological polar surface area (TPSA) is 49.3 Å². The molecule has 104 valence electrons. The van der Waals surface area contributed by atoms with Crippen LogP contribution in [0, 0.1) is 0 Å². The lowest BCUT2D eigenvalue weighted by Crippen LogP contribution is -2.33. The molecular formula is C11H10F3NO2S2. The van der Waals surface area contributed by atoms with Gasteiger partial charge in [0.05, 0.1) is 5.37 Å². The van der Waals surface area contributed by atoms with Gasteiger partial charge in [0.25, 0.3) is 0 Å². The summed E-state index contributed by atoms with van der Waals surface area (Å²) in [5.41, 5.74) is -3.52. The number of thioether (sulfide) groups is 2. The molecule has 3 nitrogen and oxygen atoms in total. The lowest BCUT2D eigenvalue weighted by Gasteiger charge is -2.12. The Balaban J connectivity index is 2.01. The molecule has 2 rings (SSSR count). The van der Waals surface area contributed by atoms with Crippen LogP contribution in [0.4, 0.5) is 13.2 Å². The van der Waals surface area contributed by atoms with E-state index < -0.39 is 17.5 Å². The number of carboxylic acid groups (broad SMARTS) is 1. The number of carboxylic acids is 1. The molecule has 1 saturated heterocycles. The summed E-state index contributed by atoms with van der Waals surface area (Å²) in [5, 5.41) is 11.6. The van der Waals surface area contributed by atoms with Gasteiger partial charge in [0.2, 0.25) is 0 Å². The Morgan fingerprint density at radius 1 is 1.37 bits per heavy atom. The number of rotatable bonds is 3. The predicted molar refractivity (Wildman–Crippen MR) is 68.1 cm³/mol. The van der Waals surface area contributed by atoms with E-state index in [-0.39, 0.29) is 22.0 Å². The van der Waals surface area contributed by atoms with Crippen LogP contribution < -0.4 is 5.32 Å². The summed E-state index contributed by atoms with van der Waals surface area (Å²) in [4.78, 5) is 10.9. The van der Waals surface area contributed by atoms with Crippen molar-refractivity contribution >= 4 is 29.5 Å². The normalized spacial score (nSPS) is 23.5. The first kappa shape index (κ1) is 14.5. The van der Waals surface area contributed by atoms with E-state index >= 15 is 0 Å². The van der Waals surface area contributed by atoms with E-state index in [1.807, 2.05) is 0 Å². The summed E-state index contributed by atoms with van der Waals surface area (Å²) in [7, 11) is 0. The smallest absolute Gasteiger partial charge is 0.446 e. The van der Waals surface area contributed by atoms with Crippen LogP contribution in [0.25, 0.3) is 0 Å². The molecule has 0 aliphatic carbocycles. The van der Waals surface area contributed by atoms with Crippen molar-refractivity contribution in [3.63, 3.8) is 0 Å². The van der Waals surface area contributed by atoms with Crippen LogP contribution in [0.3, 0.4) is 0 Å². The van der Waals surface area contributed by atoms with Crippen molar-refractivity contribution in [3.05, 3.63) is 29.8 Å². The molecule has 2 N–H and O–H groups in total. The van der Waals surface area contributed by atoms with Gasteiger partial charge in [-0.3, -0.25) is 10.1 Å². The monoisotopic (exact) mass is 309 g/mol. The molecule has 1 aromatic carbocycles. The summed E-state index contributed by atoms with van der Waals surface area (Å²) in [6, 6.07) is 5.35. The zero-order valence-electron chi connectivity index (χ0n) is 9.48. The first-order valence-electron chi connectivity index (χ1n) is 5.31. The van der Waals surface area contributed by atoms with Gasteiger partial charge in [0.1, 0.15) is 6.04 Å². The van der Waals surface area contributed by atoms with Crippen LogP contribution in [0.5, 0.6) is 0 Å². The Labute approximate surface area is 115 Å². The van der Waals surface area contributed by atoms with E-state index in [1.165, 1.54) is 23.9 Å². The molecular weight excluding hydrogens is 299 g/mol. The Kier molecular flexibility index (Phi) is 4.32. The number of aliphatic carboxylic acids is 1. The molecule has 0 saturated carbocycles. The van der Waals surface area contributed by atoms with Gasteiger partial charge < -0.3 is 5.11 Å². The third-order valence-corrected chi connectivity index (χ3v) is 4.50. The molecule has 19 heavy (non-hydrogen) atoms. The molecule has 0 aromatic heterocycles. The van der Waals surface area contributed by atoms with Crippen molar-refractivity contribution in [1.29, 1.82) is 0 Å². The maximum Gasteiger partial charge on any atom is 0.446 e. The van der Waals surface area contributed by atoms with E-state index in [0.717, 1.165) is 5.56 Å². The Morgan fingerprint density at radius 3 is 2.47 bits per heavy atom. The van der Waals surface area contributed by atoms with Crippen molar-refractivity contribution in [3.8, 4) is 0 Å². The summed E-state index contributed by atoms with van der Waals surface area (Å²) in [6.07, 6.45) is 0. The minimum Gasteiger partial charge on any atom is -0.480 e. The second-order valence-corrected chi connectivity index (χ2v) is 6.16. The summed E-state index contributed by atoms with van der Waals surface area (Å²) in [5.74, 6) is -0.474. The van der Waals surface area contributed by atoms with Crippen molar-refractivity contribution in [2.45, 2.75) is 21.8 Å². The van der Waals surface area contributed by atoms with Gasteiger partial charge in [-0.15, -0.1) is 11.8 Å². The number of carbonyl (C=O) groups is 1. The molecule has 1 aliphatic heterocycles. The number of alkyl halides is 3. The number of benzene rings is 1. The molecule has 0 bridgehead atoms. The summed E-state index contributed by atoms with van der Waals surface area (Å²) >= 11 is 1.27. The van der Waals surface area contributed by atoms with E-state index in [1.54, 1.807) is 12.1 Å².